The number of nitrogens with one attached hydrogen (secondary N) is 1. The SMILES string of the molecule is C.C.C.C.C.C.CC(=O)NN=C(C)C.CC1CC(=O)N(C)C1=O.CCCC(C)=CC(=O)O.CCCSSCC.CCSSC(C)(C)CC.CCSSC(C)CC. The minimum Gasteiger partial charge on any atom is -0.478 e. The molecular weight excluding hydrogens is 819 g/mol. The number of hydrogen-bond donors (Lipinski definition) is 2. The smallest absolute Gasteiger partial charge is 0.328 e. The van der Waals surface area contributed by atoms with Gasteiger partial charge in [-0.2, -0.15) is 5.10 Å². The van der Waals surface area contributed by atoms with E-state index in [4.69, 9.17) is 5.11 Å². The highest BCUT2D eigenvalue weighted by Crippen LogP contribution is 2.37. The van der Waals surface area contributed by atoms with E-state index in [-0.39, 0.29) is 68.2 Å². The number of carbonyl (C=O) groups is 4. The number of aliphatic carboxylic acids is 1. The highest BCUT2D eigenvalue weighted by molar-refractivity contribution is 8.77. The molecule has 1 aliphatic heterocycles. The van der Waals surface area contributed by atoms with Gasteiger partial charge in [-0.1, -0.05) is 184 Å². The lowest BCUT2D eigenvalue weighted by atomic mass is 10.1. The fraction of sp³-hybridized carbons (Fsp3) is 0.833. The van der Waals surface area contributed by atoms with Gasteiger partial charge < -0.3 is 5.11 Å². The number of rotatable bonds is 16. The fourth-order valence-electron chi connectivity index (χ4n) is 2.56. The van der Waals surface area contributed by atoms with E-state index < -0.39 is 5.97 Å². The molecule has 0 bridgehead atoms. The largest absolute Gasteiger partial charge is 0.478 e. The second-order valence-corrected chi connectivity index (χ2v) is 21.0. The Morgan fingerprint density at radius 1 is 0.857 bits per heavy atom. The molecule has 3 amide bonds. The van der Waals surface area contributed by atoms with E-state index in [0.29, 0.717) is 11.2 Å². The van der Waals surface area contributed by atoms with Gasteiger partial charge in [0.1, 0.15) is 0 Å². The average Bonchev–Trinajstić information content (AvgIpc) is 3.27. The summed E-state index contributed by atoms with van der Waals surface area (Å²) in [5.74, 6) is 3.80. The van der Waals surface area contributed by atoms with Gasteiger partial charge >= 0.3 is 5.97 Å². The van der Waals surface area contributed by atoms with Crippen molar-refractivity contribution in [3.05, 3.63) is 11.6 Å². The third-order valence-electron chi connectivity index (χ3n) is 5.73. The molecule has 0 radical (unpaired) electrons. The van der Waals surface area contributed by atoms with Gasteiger partial charge in [0.2, 0.25) is 17.7 Å². The van der Waals surface area contributed by atoms with Crippen LogP contribution in [0, 0.1) is 5.92 Å². The summed E-state index contributed by atoms with van der Waals surface area (Å²) in [7, 11) is 13.3. The van der Waals surface area contributed by atoms with Crippen molar-refractivity contribution in [1.82, 2.24) is 10.3 Å². The van der Waals surface area contributed by atoms with Gasteiger partial charge in [-0.3, -0.25) is 19.3 Å². The molecule has 2 N–H and O–H groups in total. The first-order chi connectivity index (χ1) is 23.3. The number of carboxylic acids is 1. The number of carbonyl (C=O) groups excluding carboxylic acids is 3. The van der Waals surface area contributed by atoms with Crippen molar-refractivity contribution in [2.45, 2.75) is 197 Å². The number of imide groups is 1. The first-order valence-corrected chi connectivity index (χ1v) is 24.8. The maximum absolute atomic E-state index is 10.8. The number of hydrazone groups is 1. The maximum atomic E-state index is 10.8. The van der Waals surface area contributed by atoms with Gasteiger partial charge in [0.15, 0.2) is 0 Å². The van der Waals surface area contributed by atoms with Gasteiger partial charge in [0.25, 0.3) is 0 Å². The topological polar surface area (TPSA) is 116 Å². The summed E-state index contributed by atoms with van der Waals surface area (Å²) in [6, 6.07) is 0. The Morgan fingerprint density at radius 3 is 1.59 bits per heavy atom. The van der Waals surface area contributed by atoms with Crippen molar-refractivity contribution in [2.75, 3.05) is 30.1 Å². The van der Waals surface area contributed by atoms with Crippen LogP contribution in [0.5, 0.6) is 0 Å². The predicted octanol–water partition coefficient (Wildman–Crippen LogP) is 15.7. The number of nitrogens with zero attached hydrogens (tertiary/aromatic N) is 2. The van der Waals surface area contributed by atoms with Crippen molar-refractivity contribution >= 4 is 94.2 Å². The normalized spacial score (nSPS) is 12.5. The molecule has 8 nitrogen and oxygen atoms in total. The molecule has 346 valence electrons. The number of carboxylic acid groups (broad SMARTS) is 1. The molecule has 56 heavy (non-hydrogen) atoms. The van der Waals surface area contributed by atoms with E-state index in [1.54, 1.807) is 6.92 Å². The van der Waals surface area contributed by atoms with Gasteiger partial charge in [0, 0.05) is 71.1 Å². The number of likely N-dealkylation sites (tertiary alicyclic amines) is 1. The Bertz CT molecular complexity index is 915. The molecular formula is C42H97N3O5S6. The molecule has 1 saturated heterocycles. The minimum atomic E-state index is -0.846. The zero-order valence-electron chi connectivity index (χ0n) is 34.2. The molecule has 0 aliphatic carbocycles. The van der Waals surface area contributed by atoms with Crippen LogP contribution in [0.2, 0.25) is 0 Å². The van der Waals surface area contributed by atoms with E-state index >= 15 is 0 Å². The van der Waals surface area contributed by atoms with Crippen molar-refractivity contribution in [3.8, 4) is 0 Å². The number of hydrogen-bond acceptors (Lipinski definition) is 11. The standard InChI is InChI=1S/C7H12O2.C7H16S2.C6H9NO2.C6H14S2.C5H10N2O.C5H12S2.6CH4/c1-3-4-6(2)5-7(8)9;1-5-7(3,4)9-8-6-2;1-4-3-5(8)7(2)6(4)9;1-4-6(3)8-7-5-2;1-4(2)6-7-5(3)8;1-3-5-7-6-4-2;;;;;;/h5H,3-4H2,1-2H3,(H,8,9);5-6H2,1-4H3;4H,3H2,1-2H3;6H,4-5H2,1-3H3;1-3H3,(H,7,8);3-5H2,1-2H3;6*1H4. The summed E-state index contributed by atoms with van der Waals surface area (Å²) in [4.78, 5) is 42.8. The molecule has 0 aromatic heterocycles. The Hall–Kier alpha value is -0.410. The fourth-order valence-corrected chi connectivity index (χ4v) is 8.60. The van der Waals surface area contributed by atoms with Crippen molar-refractivity contribution in [1.29, 1.82) is 0 Å². The Labute approximate surface area is 376 Å². The van der Waals surface area contributed by atoms with Crippen molar-refractivity contribution in [3.63, 3.8) is 0 Å². The third-order valence-corrected chi connectivity index (χ3v) is 15.1. The van der Waals surface area contributed by atoms with Crippen LogP contribution in [-0.4, -0.2) is 79.5 Å². The summed E-state index contributed by atoms with van der Waals surface area (Å²) in [6.45, 7) is 30.8. The maximum Gasteiger partial charge on any atom is 0.328 e. The minimum absolute atomic E-state index is 0. The van der Waals surface area contributed by atoms with E-state index in [9.17, 15) is 19.2 Å². The monoisotopic (exact) mass is 916 g/mol. The Kier molecular flexibility index (Phi) is 87.6. The van der Waals surface area contributed by atoms with E-state index in [2.05, 4.69) is 72.8 Å². The van der Waals surface area contributed by atoms with Crippen LogP contribution in [0.1, 0.15) is 187 Å². The van der Waals surface area contributed by atoms with E-state index in [1.807, 2.05) is 92.5 Å². The molecule has 1 heterocycles. The van der Waals surface area contributed by atoms with Crippen LogP contribution in [0.4, 0.5) is 0 Å². The first-order valence-electron chi connectivity index (χ1n) is 17.6. The van der Waals surface area contributed by atoms with Gasteiger partial charge in [-0.15, -0.1) is 0 Å². The van der Waals surface area contributed by atoms with Gasteiger partial charge in [-0.25, -0.2) is 10.2 Å². The summed E-state index contributed by atoms with van der Waals surface area (Å²) in [5, 5.41) is 12.7. The average molecular weight is 917 g/mol. The summed E-state index contributed by atoms with van der Waals surface area (Å²) >= 11 is 0. The first kappa shape index (κ1) is 83.3. The molecule has 2 atom stereocenters. The van der Waals surface area contributed by atoms with Crippen molar-refractivity contribution in [2.24, 2.45) is 11.0 Å². The zero-order valence-corrected chi connectivity index (χ0v) is 39.1. The summed E-state index contributed by atoms with van der Waals surface area (Å²) in [6.07, 6.45) is 7.38. The second kappa shape index (κ2) is 58.9. The number of allylic oxidation sites excluding steroid dienone is 1. The molecule has 0 saturated carbocycles. The lowest BCUT2D eigenvalue weighted by molar-refractivity contribution is -0.137. The Balaban J connectivity index is -0.0000000473. The van der Waals surface area contributed by atoms with Crippen LogP contribution < -0.4 is 5.43 Å². The number of amides is 3. The third kappa shape index (κ3) is 71.3. The van der Waals surface area contributed by atoms with Crippen LogP contribution in [0.25, 0.3) is 0 Å². The highest BCUT2D eigenvalue weighted by Gasteiger charge is 2.32. The molecule has 1 fully saturated rings. The van der Waals surface area contributed by atoms with E-state index in [1.165, 1.54) is 67.2 Å². The van der Waals surface area contributed by atoms with E-state index in [0.717, 1.165) is 29.4 Å². The highest BCUT2D eigenvalue weighted by atomic mass is 33.1. The molecule has 1 rings (SSSR count). The molecule has 1 aliphatic rings. The predicted molar refractivity (Wildman–Crippen MR) is 277 cm³/mol. The molecule has 2 unspecified atom stereocenters. The zero-order chi connectivity index (χ0) is 40.1. The summed E-state index contributed by atoms with van der Waals surface area (Å²) in [5.41, 5.74) is 4.08. The van der Waals surface area contributed by atoms with Gasteiger partial charge in [-0.05, 0) is 60.3 Å². The molecule has 14 heteroatoms. The van der Waals surface area contributed by atoms with Crippen LogP contribution in [0.3, 0.4) is 0 Å². The van der Waals surface area contributed by atoms with Crippen LogP contribution in [0.15, 0.2) is 16.8 Å². The van der Waals surface area contributed by atoms with Gasteiger partial charge in [0.05, 0.1) is 0 Å². The molecule has 0 aromatic rings. The molecule has 0 spiro atoms. The lowest BCUT2D eigenvalue weighted by Crippen LogP contribution is -2.24. The van der Waals surface area contributed by atoms with Crippen LogP contribution in [-0.2, 0) is 19.2 Å². The quantitative estimate of drug-likeness (QED) is 0.0385. The van der Waals surface area contributed by atoms with Crippen molar-refractivity contribution < 1.29 is 24.3 Å². The summed E-state index contributed by atoms with van der Waals surface area (Å²) < 4.78 is 0.473. The lowest BCUT2D eigenvalue weighted by Gasteiger charge is -2.19. The second-order valence-electron chi connectivity index (χ2n) is 11.8. The van der Waals surface area contributed by atoms with Crippen LogP contribution >= 0.6 is 64.8 Å². The Morgan fingerprint density at radius 2 is 1.34 bits per heavy atom. The molecule has 0 aromatic carbocycles.